The molecule has 0 aromatic heterocycles. The minimum Gasteiger partial charge on any atom is -0.478 e. The number of aldehydes is 1. The number of hydrogen-bond donors (Lipinski definition) is 3. The molecule has 0 saturated carbocycles. The third kappa shape index (κ3) is 4.13. The molecule has 126 valence electrons. The van der Waals surface area contributed by atoms with Crippen molar-refractivity contribution in [2.24, 2.45) is 0 Å². The van der Waals surface area contributed by atoms with Gasteiger partial charge in [-0.3, -0.25) is 4.79 Å². The minimum absolute atomic E-state index is 0.282. The van der Waals surface area contributed by atoms with Gasteiger partial charge in [-0.15, -0.1) is 0 Å². The van der Waals surface area contributed by atoms with E-state index in [2.05, 4.69) is 10.6 Å². The van der Waals surface area contributed by atoms with E-state index in [1.165, 1.54) is 5.56 Å². The van der Waals surface area contributed by atoms with Gasteiger partial charge in [0.05, 0.1) is 5.56 Å². The van der Waals surface area contributed by atoms with Crippen molar-refractivity contribution in [2.75, 3.05) is 24.7 Å². The van der Waals surface area contributed by atoms with Gasteiger partial charge < -0.3 is 15.7 Å². The van der Waals surface area contributed by atoms with E-state index in [9.17, 15) is 9.59 Å². The van der Waals surface area contributed by atoms with Crippen molar-refractivity contribution >= 4 is 23.6 Å². The van der Waals surface area contributed by atoms with Crippen LogP contribution in [0.4, 0.5) is 11.4 Å². The number of aryl methyl sites for hydroxylation is 2. The SMILES string of the molecule is CNc1cc(CCCc2ccc(C(=O)O)c(NC)c2)ccc1C=O. The van der Waals surface area contributed by atoms with Crippen LogP contribution in [-0.4, -0.2) is 31.5 Å². The number of aromatic carboxylic acids is 1. The highest BCUT2D eigenvalue weighted by Gasteiger charge is 2.09. The van der Waals surface area contributed by atoms with E-state index in [0.29, 0.717) is 11.3 Å². The Bertz CT molecular complexity index is 741. The summed E-state index contributed by atoms with van der Waals surface area (Å²) in [5.41, 5.74) is 4.68. The van der Waals surface area contributed by atoms with Crippen LogP contribution < -0.4 is 10.6 Å². The van der Waals surface area contributed by atoms with E-state index in [0.717, 1.165) is 36.8 Å². The summed E-state index contributed by atoms with van der Waals surface area (Å²) in [7, 11) is 3.52. The topological polar surface area (TPSA) is 78.4 Å². The van der Waals surface area contributed by atoms with Crippen molar-refractivity contribution in [3.63, 3.8) is 0 Å². The number of anilines is 2. The summed E-state index contributed by atoms with van der Waals surface area (Å²) in [5.74, 6) is -0.930. The van der Waals surface area contributed by atoms with E-state index >= 15 is 0 Å². The fraction of sp³-hybridized carbons (Fsp3) is 0.263. The lowest BCUT2D eigenvalue weighted by atomic mass is 10.0. The van der Waals surface area contributed by atoms with Crippen LogP contribution in [0.25, 0.3) is 0 Å². The van der Waals surface area contributed by atoms with Gasteiger partial charge in [0.2, 0.25) is 0 Å². The molecule has 2 aromatic carbocycles. The highest BCUT2D eigenvalue weighted by atomic mass is 16.4. The molecule has 0 heterocycles. The van der Waals surface area contributed by atoms with Gasteiger partial charge >= 0.3 is 5.97 Å². The van der Waals surface area contributed by atoms with Crippen molar-refractivity contribution in [3.05, 3.63) is 58.7 Å². The summed E-state index contributed by atoms with van der Waals surface area (Å²) in [4.78, 5) is 22.1. The molecule has 0 spiro atoms. The Labute approximate surface area is 141 Å². The third-order valence-corrected chi connectivity index (χ3v) is 4.03. The molecule has 0 radical (unpaired) electrons. The Hall–Kier alpha value is -2.82. The van der Waals surface area contributed by atoms with Gasteiger partial charge in [-0.1, -0.05) is 12.1 Å². The molecule has 24 heavy (non-hydrogen) atoms. The van der Waals surface area contributed by atoms with Crippen molar-refractivity contribution in [2.45, 2.75) is 19.3 Å². The van der Waals surface area contributed by atoms with Gasteiger partial charge in [-0.2, -0.15) is 0 Å². The summed E-state index contributed by atoms with van der Waals surface area (Å²) >= 11 is 0. The highest BCUT2D eigenvalue weighted by molar-refractivity contribution is 5.94. The largest absolute Gasteiger partial charge is 0.478 e. The van der Waals surface area contributed by atoms with Crippen molar-refractivity contribution in [3.8, 4) is 0 Å². The molecule has 0 bridgehead atoms. The molecule has 5 heteroatoms. The zero-order chi connectivity index (χ0) is 17.5. The van der Waals surface area contributed by atoms with Gasteiger partial charge in [0.25, 0.3) is 0 Å². The second kappa shape index (κ2) is 8.15. The number of carbonyl (C=O) groups excluding carboxylic acids is 1. The van der Waals surface area contributed by atoms with E-state index in [1.54, 1.807) is 20.2 Å². The molecule has 0 fully saturated rings. The smallest absolute Gasteiger partial charge is 0.337 e. The first-order valence-corrected chi connectivity index (χ1v) is 7.89. The normalized spacial score (nSPS) is 10.2. The Morgan fingerprint density at radius 3 is 2.12 bits per heavy atom. The maximum Gasteiger partial charge on any atom is 0.337 e. The van der Waals surface area contributed by atoms with Crippen LogP contribution in [0, 0.1) is 0 Å². The second-order valence-corrected chi connectivity index (χ2v) is 5.58. The van der Waals surface area contributed by atoms with Crippen LogP contribution in [0.15, 0.2) is 36.4 Å². The standard InChI is InChI=1S/C19H22N2O3/c1-20-17-10-13(6-8-15(17)12-22)4-3-5-14-7-9-16(19(23)24)18(11-14)21-2/h6-12,20-21H,3-5H2,1-2H3,(H,23,24). The molecule has 0 atom stereocenters. The Balaban J connectivity index is 2.01. The molecule has 5 nitrogen and oxygen atoms in total. The number of rotatable bonds is 8. The maximum atomic E-state index is 11.1. The molecule has 2 rings (SSSR count). The fourth-order valence-corrected chi connectivity index (χ4v) is 2.72. The van der Waals surface area contributed by atoms with Crippen molar-refractivity contribution < 1.29 is 14.7 Å². The first-order chi connectivity index (χ1) is 11.6. The predicted molar refractivity (Wildman–Crippen MR) is 96.3 cm³/mol. The fourth-order valence-electron chi connectivity index (χ4n) is 2.72. The zero-order valence-electron chi connectivity index (χ0n) is 13.9. The van der Waals surface area contributed by atoms with Crippen LogP contribution in [-0.2, 0) is 12.8 Å². The average Bonchev–Trinajstić information content (AvgIpc) is 2.61. The lowest BCUT2D eigenvalue weighted by molar-refractivity contribution is 0.0697. The Kier molecular flexibility index (Phi) is 5.95. The zero-order valence-corrected chi connectivity index (χ0v) is 13.9. The van der Waals surface area contributed by atoms with Crippen LogP contribution in [0.1, 0.15) is 38.3 Å². The summed E-state index contributed by atoms with van der Waals surface area (Å²) < 4.78 is 0. The first kappa shape index (κ1) is 17.5. The Morgan fingerprint density at radius 2 is 1.58 bits per heavy atom. The average molecular weight is 326 g/mol. The second-order valence-electron chi connectivity index (χ2n) is 5.58. The summed E-state index contributed by atoms with van der Waals surface area (Å²) in [6.45, 7) is 0. The number of nitrogens with one attached hydrogen (secondary N) is 2. The number of benzene rings is 2. The minimum atomic E-state index is -0.930. The quantitative estimate of drug-likeness (QED) is 0.648. The Morgan fingerprint density at radius 1 is 1.00 bits per heavy atom. The molecule has 0 aliphatic carbocycles. The van der Waals surface area contributed by atoms with Gasteiger partial charge in [0, 0.05) is 31.0 Å². The van der Waals surface area contributed by atoms with Crippen molar-refractivity contribution in [1.82, 2.24) is 0 Å². The molecule has 0 aliphatic rings. The molecular formula is C19H22N2O3. The summed E-state index contributed by atoms with van der Waals surface area (Å²) in [6, 6.07) is 11.2. The van der Waals surface area contributed by atoms with Crippen molar-refractivity contribution in [1.29, 1.82) is 0 Å². The molecule has 2 aromatic rings. The van der Waals surface area contributed by atoms with E-state index in [4.69, 9.17) is 5.11 Å². The van der Waals surface area contributed by atoms with Crippen LogP contribution in [0.2, 0.25) is 0 Å². The monoisotopic (exact) mass is 326 g/mol. The molecular weight excluding hydrogens is 304 g/mol. The van der Waals surface area contributed by atoms with Gasteiger partial charge in [-0.05, 0) is 54.7 Å². The molecule has 0 amide bonds. The third-order valence-electron chi connectivity index (χ3n) is 4.03. The van der Waals surface area contributed by atoms with Gasteiger partial charge in [0.1, 0.15) is 0 Å². The lowest BCUT2D eigenvalue weighted by Crippen LogP contribution is -2.03. The first-order valence-electron chi connectivity index (χ1n) is 7.89. The van der Waals surface area contributed by atoms with Crippen LogP contribution in [0.5, 0.6) is 0 Å². The number of carboxylic acids is 1. The molecule has 3 N–H and O–H groups in total. The van der Waals surface area contributed by atoms with Gasteiger partial charge in [-0.25, -0.2) is 4.79 Å². The van der Waals surface area contributed by atoms with Crippen LogP contribution in [0.3, 0.4) is 0 Å². The van der Waals surface area contributed by atoms with Gasteiger partial charge in [0.15, 0.2) is 6.29 Å². The lowest BCUT2D eigenvalue weighted by Gasteiger charge is -2.10. The number of hydrogen-bond acceptors (Lipinski definition) is 4. The maximum absolute atomic E-state index is 11.1. The highest BCUT2D eigenvalue weighted by Crippen LogP contribution is 2.20. The summed E-state index contributed by atoms with van der Waals surface area (Å²) in [6.07, 6.45) is 3.54. The number of carbonyl (C=O) groups is 2. The number of carboxylic acid groups (broad SMARTS) is 1. The van der Waals surface area contributed by atoms with E-state index in [-0.39, 0.29) is 5.56 Å². The molecule has 0 saturated heterocycles. The summed E-state index contributed by atoms with van der Waals surface area (Å²) in [5, 5.41) is 15.1. The van der Waals surface area contributed by atoms with E-state index < -0.39 is 5.97 Å². The van der Waals surface area contributed by atoms with Crippen LogP contribution >= 0.6 is 0 Å². The molecule has 0 unspecified atom stereocenters. The van der Waals surface area contributed by atoms with E-state index in [1.807, 2.05) is 30.3 Å². The molecule has 0 aliphatic heterocycles. The predicted octanol–water partition coefficient (Wildman–Crippen LogP) is 3.46.